The number of sulfonamides is 1. The maximum Gasteiger partial charge on any atom is 0.265 e. The molecule has 0 amide bonds. The Balaban J connectivity index is 2.07. The van der Waals surface area contributed by atoms with Gasteiger partial charge in [0, 0.05) is 17.1 Å². The lowest BCUT2D eigenvalue weighted by Gasteiger charge is -2.12. The van der Waals surface area contributed by atoms with Crippen LogP contribution in [0, 0.1) is 0 Å². The van der Waals surface area contributed by atoms with Crippen LogP contribution in [0.1, 0.15) is 25.6 Å². The summed E-state index contributed by atoms with van der Waals surface area (Å²) in [5.41, 5.74) is 0.750. The van der Waals surface area contributed by atoms with Gasteiger partial charge in [-0.1, -0.05) is 25.4 Å². The number of aromatic nitrogens is 3. The molecule has 132 valence electrons. The zero-order chi connectivity index (χ0) is 18.2. The minimum absolute atomic E-state index is 0.0481. The minimum Gasteiger partial charge on any atom is -0.495 e. The molecular weight excluding hydrogens is 364 g/mol. The lowest BCUT2D eigenvalue weighted by atomic mass is 10.2. The number of methoxy groups -OCH3 is 1. The average molecular weight is 381 g/mol. The van der Waals surface area contributed by atoms with E-state index in [4.69, 9.17) is 16.3 Å². The molecule has 0 saturated carbocycles. The summed E-state index contributed by atoms with van der Waals surface area (Å²) >= 11 is 5.94. The summed E-state index contributed by atoms with van der Waals surface area (Å²) in [6, 6.07) is 7.73. The van der Waals surface area contributed by atoms with Crippen LogP contribution in [0.5, 0.6) is 5.75 Å². The van der Waals surface area contributed by atoms with Crippen LogP contribution in [0.25, 0.3) is 5.65 Å². The van der Waals surface area contributed by atoms with E-state index in [1.165, 1.54) is 19.2 Å². The number of nitrogens with one attached hydrogen (secondary N) is 1. The molecule has 1 N–H and O–H groups in total. The summed E-state index contributed by atoms with van der Waals surface area (Å²) in [6.45, 7) is 3.94. The highest BCUT2D eigenvalue weighted by Crippen LogP contribution is 2.29. The van der Waals surface area contributed by atoms with E-state index >= 15 is 0 Å². The first-order valence-electron chi connectivity index (χ1n) is 7.53. The number of halogens is 1. The van der Waals surface area contributed by atoms with Crippen LogP contribution >= 0.6 is 11.6 Å². The highest BCUT2D eigenvalue weighted by Gasteiger charge is 2.22. The molecule has 0 aliphatic heterocycles. The third-order valence-electron chi connectivity index (χ3n) is 3.55. The van der Waals surface area contributed by atoms with Gasteiger partial charge in [-0.3, -0.25) is 4.72 Å². The lowest BCUT2D eigenvalue weighted by molar-refractivity contribution is 0.403. The molecule has 0 bridgehead atoms. The van der Waals surface area contributed by atoms with Crippen LogP contribution in [0.3, 0.4) is 0 Å². The number of ether oxygens (including phenoxy) is 1. The lowest BCUT2D eigenvalue weighted by Crippen LogP contribution is -2.15. The van der Waals surface area contributed by atoms with E-state index in [0.717, 1.165) is 0 Å². The highest BCUT2D eigenvalue weighted by molar-refractivity contribution is 7.92. The van der Waals surface area contributed by atoms with Gasteiger partial charge in [0.2, 0.25) is 0 Å². The van der Waals surface area contributed by atoms with Crippen molar-refractivity contribution in [1.82, 2.24) is 14.6 Å². The molecule has 0 spiro atoms. The van der Waals surface area contributed by atoms with Crippen LogP contribution in [0.4, 0.5) is 5.69 Å². The standard InChI is InChI=1S/C16H17ClN4O3S/c1-10(2)15-18-16-12(5-4-8-21(16)19-15)20-25(22,23)14-9-11(17)6-7-13(14)24-3/h4-10,20H,1-3H3. The first kappa shape index (κ1) is 17.5. The predicted molar refractivity (Wildman–Crippen MR) is 95.9 cm³/mol. The number of nitrogens with zero attached hydrogens (tertiary/aromatic N) is 3. The molecule has 0 aliphatic rings. The van der Waals surface area contributed by atoms with Crippen LogP contribution in [-0.2, 0) is 10.0 Å². The third-order valence-corrected chi connectivity index (χ3v) is 5.18. The van der Waals surface area contributed by atoms with Gasteiger partial charge in [-0.2, -0.15) is 5.10 Å². The van der Waals surface area contributed by atoms with Crippen molar-refractivity contribution in [3.63, 3.8) is 0 Å². The SMILES string of the molecule is COc1ccc(Cl)cc1S(=O)(=O)Nc1cccn2nc(C(C)C)nc12. The highest BCUT2D eigenvalue weighted by atomic mass is 35.5. The molecule has 2 aromatic heterocycles. The second-order valence-corrected chi connectivity index (χ2v) is 7.80. The molecule has 3 rings (SSSR count). The number of anilines is 1. The molecule has 7 nitrogen and oxygen atoms in total. The van der Waals surface area contributed by atoms with Gasteiger partial charge >= 0.3 is 0 Å². The number of hydrogen-bond acceptors (Lipinski definition) is 5. The van der Waals surface area contributed by atoms with Crippen molar-refractivity contribution in [2.24, 2.45) is 0 Å². The molecular formula is C16H17ClN4O3S. The Morgan fingerprint density at radius 3 is 2.72 bits per heavy atom. The molecule has 25 heavy (non-hydrogen) atoms. The quantitative estimate of drug-likeness (QED) is 0.733. The maximum absolute atomic E-state index is 12.8. The molecule has 0 fully saturated rings. The van der Waals surface area contributed by atoms with E-state index in [1.807, 2.05) is 13.8 Å². The van der Waals surface area contributed by atoms with Crippen molar-refractivity contribution in [1.29, 1.82) is 0 Å². The molecule has 0 saturated heterocycles. The molecule has 9 heteroatoms. The number of pyridine rings is 1. The monoisotopic (exact) mass is 380 g/mol. The van der Waals surface area contributed by atoms with Crippen molar-refractivity contribution in [2.45, 2.75) is 24.7 Å². The van der Waals surface area contributed by atoms with Crippen molar-refractivity contribution in [3.8, 4) is 5.75 Å². The number of benzene rings is 1. The predicted octanol–water partition coefficient (Wildman–Crippen LogP) is 3.32. The summed E-state index contributed by atoms with van der Waals surface area (Å²) in [7, 11) is -2.52. The fourth-order valence-corrected chi connectivity index (χ4v) is 3.80. The van der Waals surface area contributed by atoms with Gasteiger partial charge in [-0.25, -0.2) is 17.9 Å². The number of rotatable bonds is 5. The zero-order valence-corrected chi connectivity index (χ0v) is 15.5. The largest absolute Gasteiger partial charge is 0.495 e. The van der Waals surface area contributed by atoms with E-state index < -0.39 is 10.0 Å². The van der Waals surface area contributed by atoms with E-state index in [0.29, 0.717) is 22.2 Å². The Kier molecular flexibility index (Phi) is 4.57. The first-order valence-corrected chi connectivity index (χ1v) is 9.39. The van der Waals surface area contributed by atoms with Crippen molar-refractivity contribution in [3.05, 3.63) is 47.4 Å². The Hall–Kier alpha value is -2.32. The van der Waals surface area contributed by atoms with E-state index in [9.17, 15) is 8.42 Å². The summed E-state index contributed by atoms with van der Waals surface area (Å²) in [5.74, 6) is 0.956. The fraction of sp³-hybridized carbons (Fsp3) is 0.250. The fourth-order valence-electron chi connectivity index (χ4n) is 2.31. The van der Waals surface area contributed by atoms with E-state index in [2.05, 4.69) is 14.8 Å². The first-order chi connectivity index (χ1) is 11.8. The van der Waals surface area contributed by atoms with Crippen LogP contribution in [0.2, 0.25) is 5.02 Å². The van der Waals surface area contributed by atoms with E-state index in [1.54, 1.807) is 28.9 Å². The molecule has 0 atom stereocenters. The Morgan fingerprint density at radius 1 is 1.28 bits per heavy atom. The average Bonchev–Trinajstić information content (AvgIpc) is 3.00. The summed E-state index contributed by atoms with van der Waals surface area (Å²) in [4.78, 5) is 4.37. The van der Waals surface area contributed by atoms with Crippen LogP contribution in [0.15, 0.2) is 41.4 Å². The van der Waals surface area contributed by atoms with E-state index in [-0.39, 0.29) is 16.6 Å². The topological polar surface area (TPSA) is 85.6 Å². The molecule has 0 unspecified atom stereocenters. The van der Waals surface area contributed by atoms with Gasteiger partial charge in [0.1, 0.15) is 10.6 Å². The zero-order valence-electron chi connectivity index (χ0n) is 13.9. The van der Waals surface area contributed by atoms with Crippen molar-refractivity contribution >= 4 is 33.0 Å². The molecule has 1 aromatic carbocycles. The third kappa shape index (κ3) is 3.40. The van der Waals surface area contributed by atoms with Gasteiger partial charge in [0.25, 0.3) is 10.0 Å². The Bertz CT molecular complexity index is 1030. The van der Waals surface area contributed by atoms with Crippen molar-refractivity contribution in [2.75, 3.05) is 11.8 Å². The van der Waals surface area contributed by atoms with Gasteiger partial charge in [0.15, 0.2) is 11.5 Å². The second kappa shape index (κ2) is 6.53. The van der Waals surface area contributed by atoms with Gasteiger partial charge in [0.05, 0.1) is 12.8 Å². The molecule has 0 aliphatic carbocycles. The summed E-state index contributed by atoms with van der Waals surface area (Å²) in [6.07, 6.45) is 1.71. The van der Waals surface area contributed by atoms with Crippen molar-refractivity contribution < 1.29 is 13.2 Å². The second-order valence-electron chi connectivity index (χ2n) is 5.72. The van der Waals surface area contributed by atoms with Crippen LogP contribution in [-0.4, -0.2) is 30.1 Å². The number of hydrogen-bond donors (Lipinski definition) is 1. The van der Waals surface area contributed by atoms with Crippen LogP contribution < -0.4 is 9.46 Å². The molecule has 3 aromatic rings. The summed E-state index contributed by atoms with van der Waals surface area (Å²) < 4.78 is 34.8. The number of fused-ring (bicyclic) bond motifs is 1. The minimum atomic E-state index is -3.92. The Labute approximate surface area is 150 Å². The normalized spacial score (nSPS) is 11.9. The molecule has 0 radical (unpaired) electrons. The maximum atomic E-state index is 12.8. The Morgan fingerprint density at radius 2 is 2.04 bits per heavy atom. The van der Waals surface area contributed by atoms with Gasteiger partial charge in [-0.15, -0.1) is 0 Å². The van der Waals surface area contributed by atoms with Gasteiger partial charge in [-0.05, 0) is 30.3 Å². The molecule has 2 heterocycles. The van der Waals surface area contributed by atoms with Gasteiger partial charge < -0.3 is 4.74 Å². The smallest absolute Gasteiger partial charge is 0.265 e. The summed E-state index contributed by atoms with van der Waals surface area (Å²) in [5, 5.41) is 4.64.